The number of aryl methyl sites for hydroxylation is 1. The van der Waals surface area contributed by atoms with E-state index in [-0.39, 0.29) is 0 Å². The van der Waals surface area contributed by atoms with Crippen molar-refractivity contribution >= 4 is 23.1 Å². The molecule has 0 saturated heterocycles. The summed E-state index contributed by atoms with van der Waals surface area (Å²) in [5.41, 5.74) is 5.49. The summed E-state index contributed by atoms with van der Waals surface area (Å²) in [5.74, 6) is 1.35. The van der Waals surface area contributed by atoms with Crippen LogP contribution in [0.3, 0.4) is 0 Å². The number of nitrogens with zero attached hydrogens (tertiary/aromatic N) is 2. The van der Waals surface area contributed by atoms with Gasteiger partial charge in [-0.2, -0.15) is 5.26 Å². The lowest BCUT2D eigenvalue weighted by molar-refractivity contribution is 0.415. The van der Waals surface area contributed by atoms with E-state index < -0.39 is 0 Å². The first-order valence-electron chi connectivity index (χ1n) is 9.33. The van der Waals surface area contributed by atoms with Crippen LogP contribution in [0.2, 0.25) is 5.02 Å². The maximum atomic E-state index is 10.0. The predicted molar refractivity (Wildman–Crippen MR) is 112 cm³/mol. The van der Waals surface area contributed by atoms with Gasteiger partial charge in [0.05, 0.1) is 17.8 Å². The molecule has 0 unspecified atom stereocenters. The summed E-state index contributed by atoms with van der Waals surface area (Å²) in [7, 11) is 1.65. The molecule has 0 radical (unpaired) electrons. The second-order valence-electron chi connectivity index (χ2n) is 6.79. The van der Waals surface area contributed by atoms with Crippen LogP contribution in [-0.4, -0.2) is 12.1 Å². The lowest BCUT2D eigenvalue weighted by atomic mass is 9.86. The molecular formula is C23H20ClN3O. The molecule has 0 bridgehead atoms. The molecule has 0 spiro atoms. The molecule has 28 heavy (non-hydrogen) atoms. The molecule has 0 aliphatic heterocycles. The lowest BCUT2D eigenvalue weighted by Crippen LogP contribution is -2.12. The number of nitrogens with one attached hydrogen (secondary N) is 1. The predicted octanol–water partition coefficient (Wildman–Crippen LogP) is 5.90. The number of halogens is 1. The van der Waals surface area contributed by atoms with E-state index in [9.17, 15) is 5.26 Å². The van der Waals surface area contributed by atoms with Crippen LogP contribution in [0.4, 0.5) is 11.5 Å². The fourth-order valence-corrected chi connectivity index (χ4v) is 3.89. The van der Waals surface area contributed by atoms with Crippen molar-refractivity contribution in [2.24, 2.45) is 0 Å². The number of ether oxygens (including phenoxy) is 1. The normalized spacial score (nSPS) is 12.8. The minimum atomic E-state index is 0.547. The largest absolute Gasteiger partial charge is 0.497 e. The first-order chi connectivity index (χ1) is 13.7. The standard InChI is InChI=1S/C23H20ClN3O/c1-28-16-12-10-15(11-13-16)22-17-6-2-4-8-20(17)26-23(18(22)14-25)27-21-9-5-3-7-19(21)24/h3,5,7,9-13H,2,4,6,8H2,1H3,(H,26,27). The topological polar surface area (TPSA) is 57.9 Å². The smallest absolute Gasteiger partial charge is 0.149 e. The van der Waals surface area contributed by atoms with Gasteiger partial charge in [-0.3, -0.25) is 0 Å². The van der Waals surface area contributed by atoms with Gasteiger partial charge >= 0.3 is 0 Å². The third kappa shape index (κ3) is 3.42. The first kappa shape index (κ1) is 18.3. The highest BCUT2D eigenvalue weighted by molar-refractivity contribution is 6.33. The van der Waals surface area contributed by atoms with Gasteiger partial charge in [0, 0.05) is 11.3 Å². The number of aromatic nitrogens is 1. The number of hydrogen-bond acceptors (Lipinski definition) is 4. The number of pyridine rings is 1. The number of nitriles is 1. The lowest BCUT2D eigenvalue weighted by Gasteiger charge is -2.23. The first-order valence-corrected chi connectivity index (χ1v) is 9.71. The summed E-state index contributed by atoms with van der Waals surface area (Å²) in [6, 6.07) is 17.7. The van der Waals surface area contributed by atoms with Gasteiger partial charge in [0.2, 0.25) is 0 Å². The molecule has 0 atom stereocenters. The van der Waals surface area contributed by atoms with Crippen molar-refractivity contribution in [1.82, 2.24) is 4.98 Å². The number of hydrogen-bond donors (Lipinski definition) is 1. The maximum Gasteiger partial charge on any atom is 0.149 e. The Bertz CT molecular complexity index is 1050. The molecule has 0 fully saturated rings. The summed E-state index contributed by atoms with van der Waals surface area (Å²) >= 11 is 6.32. The number of para-hydroxylation sites is 1. The molecule has 0 saturated carbocycles. The zero-order valence-corrected chi connectivity index (χ0v) is 16.4. The van der Waals surface area contributed by atoms with Gasteiger partial charge in [0.15, 0.2) is 0 Å². The third-order valence-corrected chi connectivity index (χ3v) is 5.42. The van der Waals surface area contributed by atoms with E-state index in [1.54, 1.807) is 7.11 Å². The van der Waals surface area contributed by atoms with Crippen LogP contribution >= 0.6 is 11.6 Å². The molecule has 1 aliphatic rings. The van der Waals surface area contributed by atoms with Crippen LogP contribution in [0.1, 0.15) is 29.7 Å². The molecule has 2 aromatic carbocycles. The summed E-state index contributed by atoms with van der Waals surface area (Å²) in [6.45, 7) is 0. The van der Waals surface area contributed by atoms with Crippen molar-refractivity contribution in [2.75, 3.05) is 12.4 Å². The molecular weight excluding hydrogens is 370 g/mol. The molecule has 4 rings (SSSR count). The van der Waals surface area contributed by atoms with Crippen LogP contribution in [0.5, 0.6) is 5.75 Å². The van der Waals surface area contributed by atoms with Gasteiger partial charge in [-0.15, -0.1) is 0 Å². The zero-order valence-electron chi connectivity index (χ0n) is 15.6. The summed E-state index contributed by atoms with van der Waals surface area (Å²) in [4.78, 5) is 4.82. The molecule has 1 heterocycles. The number of rotatable bonds is 4. The number of benzene rings is 2. The second-order valence-corrected chi connectivity index (χ2v) is 7.20. The molecule has 1 aliphatic carbocycles. The number of methoxy groups -OCH3 is 1. The molecule has 140 valence electrons. The zero-order chi connectivity index (χ0) is 19.5. The van der Waals surface area contributed by atoms with Gasteiger partial charge in [0.1, 0.15) is 23.2 Å². The van der Waals surface area contributed by atoms with Crippen molar-refractivity contribution in [1.29, 1.82) is 5.26 Å². The van der Waals surface area contributed by atoms with Crippen molar-refractivity contribution in [3.8, 4) is 22.9 Å². The Morgan fingerprint density at radius 2 is 1.82 bits per heavy atom. The fraction of sp³-hybridized carbons (Fsp3) is 0.217. The van der Waals surface area contributed by atoms with E-state index >= 15 is 0 Å². The SMILES string of the molecule is COc1ccc(-c2c(C#N)c(Nc3ccccc3Cl)nc3c2CCCC3)cc1. The summed E-state index contributed by atoms with van der Waals surface area (Å²) in [6.07, 6.45) is 4.08. The van der Waals surface area contributed by atoms with E-state index in [4.69, 9.17) is 21.3 Å². The average molecular weight is 390 g/mol. The number of fused-ring (bicyclic) bond motifs is 1. The van der Waals surface area contributed by atoms with Crippen molar-refractivity contribution < 1.29 is 4.74 Å². The Kier molecular flexibility index (Phi) is 5.18. The van der Waals surface area contributed by atoms with E-state index in [0.717, 1.165) is 53.9 Å². The molecule has 0 amide bonds. The molecule has 4 nitrogen and oxygen atoms in total. The third-order valence-electron chi connectivity index (χ3n) is 5.09. The minimum Gasteiger partial charge on any atom is -0.497 e. The Morgan fingerprint density at radius 1 is 1.07 bits per heavy atom. The van der Waals surface area contributed by atoms with Crippen molar-refractivity contribution in [3.05, 3.63) is 70.4 Å². The maximum absolute atomic E-state index is 10.0. The van der Waals surface area contributed by atoms with E-state index in [1.165, 1.54) is 5.56 Å². The van der Waals surface area contributed by atoms with Crippen LogP contribution in [0.25, 0.3) is 11.1 Å². The molecule has 1 aromatic heterocycles. The van der Waals surface area contributed by atoms with E-state index in [0.29, 0.717) is 16.4 Å². The second kappa shape index (κ2) is 7.92. The Labute approximate surface area is 169 Å². The van der Waals surface area contributed by atoms with Gasteiger partial charge in [-0.25, -0.2) is 4.98 Å². The highest BCUT2D eigenvalue weighted by Crippen LogP contribution is 2.38. The van der Waals surface area contributed by atoms with Gasteiger partial charge in [0.25, 0.3) is 0 Å². The van der Waals surface area contributed by atoms with Gasteiger partial charge in [-0.1, -0.05) is 35.9 Å². The minimum absolute atomic E-state index is 0.547. The van der Waals surface area contributed by atoms with Crippen molar-refractivity contribution in [3.63, 3.8) is 0 Å². The molecule has 1 N–H and O–H groups in total. The summed E-state index contributed by atoms with van der Waals surface area (Å²) in [5, 5.41) is 13.9. The van der Waals surface area contributed by atoms with Crippen LogP contribution in [0.15, 0.2) is 48.5 Å². The Balaban J connectivity index is 1.90. The fourth-order valence-electron chi connectivity index (χ4n) is 3.71. The highest BCUT2D eigenvalue weighted by Gasteiger charge is 2.23. The quantitative estimate of drug-likeness (QED) is 0.603. The molecule has 5 heteroatoms. The van der Waals surface area contributed by atoms with Crippen LogP contribution < -0.4 is 10.1 Å². The number of anilines is 2. The van der Waals surface area contributed by atoms with Crippen LogP contribution in [0, 0.1) is 11.3 Å². The Morgan fingerprint density at radius 3 is 2.54 bits per heavy atom. The van der Waals surface area contributed by atoms with Gasteiger partial charge in [-0.05, 0) is 61.1 Å². The molecule has 3 aromatic rings. The Hall–Kier alpha value is -3.03. The van der Waals surface area contributed by atoms with Crippen LogP contribution in [-0.2, 0) is 12.8 Å². The van der Waals surface area contributed by atoms with E-state index in [2.05, 4.69) is 11.4 Å². The summed E-state index contributed by atoms with van der Waals surface area (Å²) < 4.78 is 5.29. The monoisotopic (exact) mass is 389 g/mol. The van der Waals surface area contributed by atoms with Crippen molar-refractivity contribution in [2.45, 2.75) is 25.7 Å². The van der Waals surface area contributed by atoms with E-state index in [1.807, 2.05) is 48.5 Å². The highest BCUT2D eigenvalue weighted by atomic mass is 35.5. The average Bonchev–Trinajstić information content (AvgIpc) is 2.74. The van der Waals surface area contributed by atoms with Gasteiger partial charge < -0.3 is 10.1 Å².